The maximum Gasteiger partial charge on any atom is 0.0331 e. The molecule has 0 fully saturated rings. The van der Waals surface area contributed by atoms with Crippen molar-refractivity contribution in [3.05, 3.63) is 21.9 Å². The second kappa shape index (κ2) is 11.3. The van der Waals surface area contributed by atoms with Crippen LogP contribution >= 0.6 is 11.3 Å². The number of hydrogen-bond acceptors (Lipinski definition) is 2. The van der Waals surface area contributed by atoms with Gasteiger partial charge in [0.05, 0.1) is 0 Å². The van der Waals surface area contributed by atoms with Gasteiger partial charge in [0, 0.05) is 6.04 Å². The third-order valence-corrected chi connectivity index (χ3v) is 4.95. The van der Waals surface area contributed by atoms with Crippen LogP contribution in [0.4, 0.5) is 0 Å². The molecule has 0 saturated heterocycles. The van der Waals surface area contributed by atoms with Crippen LogP contribution in [0.3, 0.4) is 0 Å². The van der Waals surface area contributed by atoms with Gasteiger partial charge in [-0.05, 0) is 41.8 Å². The Morgan fingerprint density at radius 2 is 1.60 bits per heavy atom. The standard InChI is InChI=1S/C18H33NS/c1-4-6-7-8-9-10-11-12-13-18(19-5-2)17-15-20-14-16(17)3/h14-15,18-19H,4-13H2,1-3H3. The molecule has 0 radical (unpaired) electrons. The maximum atomic E-state index is 3.65. The molecule has 0 amide bonds. The molecule has 1 nitrogen and oxygen atoms in total. The van der Waals surface area contributed by atoms with Gasteiger partial charge in [-0.2, -0.15) is 11.3 Å². The first kappa shape index (κ1) is 17.7. The summed E-state index contributed by atoms with van der Waals surface area (Å²) >= 11 is 1.84. The fourth-order valence-electron chi connectivity index (χ4n) is 2.82. The summed E-state index contributed by atoms with van der Waals surface area (Å²) in [5.74, 6) is 0. The van der Waals surface area contributed by atoms with Gasteiger partial charge in [0.25, 0.3) is 0 Å². The van der Waals surface area contributed by atoms with Crippen molar-refractivity contribution in [2.45, 2.75) is 84.6 Å². The molecule has 0 saturated carbocycles. The van der Waals surface area contributed by atoms with Crippen molar-refractivity contribution >= 4 is 11.3 Å². The zero-order chi connectivity index (χ0) is 14.6. The number of nitrogens with one attached hydrogen (secondary N) is 1. The normalized spacial score (nSPS) is 12.8. The van der Waals surface area contributed by atoms with Gasteiger partial charge in [-0.3, -0.25) is 0 Å². The Kier molecular flexibility index (Phi) is 10.0. The van der Waals surface area contributed by atoms with E-state index >= 15 is 0 Å². The molecule has 1 atom stereocenters. The molecule has 2 heteroatoms. The maximum absolute atomic E-state index is 3.65. The fraction of sp³-hybridized carbons (Fsp3) is 0.778. The van der Waals surface area contributed by atoms with E-state index in [2.05, 4.69) is 36.8 Å². The summed E-state index contributed by atoms with van der Waals surface area (Å²) in [6, 6.07) is 0.575. The highest BCUT2D eigenvalue weighted by atomic mass is 32.1. The number of rotatable bonds is 12. The van der Waals surface area contributed by atoms with Crippen molar-refractivity contribution in [3.63, 3.8) is 0 Å². The van der Waals surface area contributed by atoms with Gasteiger partial charge in [0.1, 0.15) is 0 Å². The average Bonchev–Trinajstić information content (AvgIpc) is 2.87. The third-order valence-electron chi connectivity index (χ3n) is 4.07. The Hall–Kier alpha value is -0.340. The quantitative estimate of drug-likeness (QED) is 0.450. The van der Waals surface area contributed by atoms with Crippen LogP contribution in [0.1, 0.15) is 88.8 Å². The van der Waals surface area contributed by atoms with E-state index in [1.165, 1.54) is 68.9 Å². The predicted molar refractivity (Wildman–Crippen MR) is 92.7 cm³/mol. The van der Waals surface area contributed by atoms with E-state index in [9.17, 15) is 0 Å². The molecule has 1 aromatic rings. The minimum Gasteiger partial charge on any atom is -0.310 e. The largest absolute Gasteiger partial charge is 0.310 e. The van der Waals surface area contributed by atoms with Crippen LogP contribution in [0, 0.1) is 6.92 Å². The van der Waals surface area contributed by atoms with E-state index in [0.29, 0.717) is 6.04 Å². The molecule has 0 aromatic carbocycles. The van der Waals surface area contributed by atoms with Crippen molar-refractivity contribution < 1.29 is 0 Å². The first-order chi connectivity index (χ1) is 9.79. The molecule has 116 valence electrons. The summed E-state index contributed by atoms with van der Waals surface area (Å²) in [7, 11) is 0. The Balaban J connectivity index is 2.16. The van der Waals surface area contributed by atoms with Crippen LogP contribution in [0.5, 0.6) is 0 Å². The van der Waals surface area contributed by atoms with Crippen LogP contribution in [-0.2, 0) is 0 Å². The molecule has 0 bridgehead atoms. The molecule has 1 aromatic heterocycles. The smallest absolute Gasteiger partial charge is 0.0331 e. The van der Waals surface area contributed by atoms with Crippen molar-refractivity contribution in [3.8, 4) is 0 Å². The predicted octanol–water partition coefficient (Wildman–Crippen LogP) is 6.24. The molecule has 1 unspecified atom stereocenters. The molecule has 0 aliphatic carbocycles. The molecule has 20 heavy (non-hydrogen) atoms. The second-order valence-corrected chi connectivity index (χ2v) is 6.63. The molecular formula is C18H33NS. The van der Waals surface area contributed by atoms with E-state index in [1.807, 2.05) is 11.3 Å². The van der Waals surface area contributed by atoms with Crippen LogP contribution < -0.4 is 5.32 Å². The Morgan fingerprint density at radius 1 is 0.950 bits per heavy atom. The van der Waals surface area contributed by atoms with Gasteiger partial charge in [0.15, 0.2) is 0 Å². The molecule has 1 N–H and O–H groups in total. The zero-order valence-corrected chi connectivity index (χ0v) is 14.5. The van der Waals surface area contributed by atoms with E-state index in [1.54, 1.807) is 0 Å². The molecule has 0 aliphatic heterocycles. The van der Waals surface area contributed by atoms with Crippen LogP contribution in [0.15, 0.2) is 10.8 Å². The summed E-state index contributed by atoms with van der Waals surface area (Å²) in [6.45, 7) is 7.80. The first-order valence-electron chi connectivity index (χ1n) is 8.55. The van der Waals surface area contributed by atoms with E-state index < -0.39 is 0 Å². The topological polar surface area (TPSA) is 12.0 Å². The van der Waals surface area contributed by atoms with Crippen LogP contribution in [-0.4, -0.2) is 6.54 Å². The Morgan fingerprint density at radius 3 is 2.15 bits per heavy atom. The lowest BCUT2D eigenvalue weighted by molar-refractivity contribution is 0.474. The van der Waals surface area contributed by atoms with Gasteiger partial charge in [-0.25, -0.2) is 0 Å². The van der Waals surface area contributed by atoms with Gasteiger partial charge in [0.2, 0.25) is 0 Å². The number of unbranched alkanes of at least 4 members (excludes halogenated alkanes) is 7. The summed E-state index contributed by atoms with van der Waals surface area (Å²) in [6.07, 6.45) is 12.6. The molecule has 0 spiro atoms. The van der Waals surface area contributed by atoms with Crippen molar-refractivity contribution in [1.29, 1.82) is 0 Å². The molecule has 1 rings (SSSR count). The highest BCUT2D eigenvalue weighted by molar-refractivity contribution is 7.08. The number of thiophene rings is 1. The monoisotopic (exact) mass is 295 g/mol. The highest BCUT2D eigenvalue weighted by Crippen LogP contribution is 2.26. The van der Waals surface area contributed by atoms with Crippen LogP contribution in [0.25, 0.3) is 0 Å². The fourth-order valence-corrected chi connectivity index (χ4v) is 3.73. The van der Waals surface area contributed by atoms with Gasteiger partial charge in [-0.15, -0.1) is 0 Å². The molecule has 0 aliphatic rings. The minimum absolute atomic E-state index is 0.575. The minimum atomic E-state index is 0.575. The van der Waals surface area contributed by atoms with Gasteiger partial charge in [-0.1, -0.05) is 65.2 Å². The van der Waals surface area contributed by atoms with Gasteiger partial charge < -0.3 is 5.32 Å². The summed E-state index contributed by atoms with van der Waals surface area (Å²) in [4.78, 5) is 0. The molecular weight excluding hydrogens is 262 g/mol. The number of aryl methyl sites for hydroxylation is 1. The second-order valence-electron chi connectivity index (χ2n) is 5.88. The summed E-state index contributed by atoms with van der Waals surface area (Å²) in [5, 5.41) is 8.25. The van der Waals surface area contributed by atoms with E-state index in [4.69, 9.17) is 0 Å². The Labute approximate surface area is 130 Å². The first-order valence-corrected chi connectivity index (χ1v) is 9.49. The van der Waals surface area contributed by atoms with Crippen LogP contribution in [0.2, 0.25) is 0 Å². The van der Waals surface area contributed by atoms with Gasteiger partial charge >= 0.3 is 0 Å². The Bertz CT molecular complexity index is 332. The molecule has 1 heterocycles. The highest BCUT2D eigenvalue weighted by Gasteiger charge is 2.12. The lowest BCUT2D eigenvalue weighted by Crippen LogP contribution is -2.21. The summed E-state index contributed by atoms with van der Waals surface area (Å²) < 4.78 is 0. The van der Waals surface area contributed by atoms with Crippen molar-refractivity contribution in [1.82, 2.24) is 5.32 Å². The zero-order valence-electron chi connectivity index (χ0n) is 13.7. The van der Waals surface area contributed by atoms with E-state index in [0.717, 1.165) is 6.54 Å². The SMILES string of the molecule is CCCCCCCCCCC(NCC)c1cscc1C. The van der Waals surface area contributed by atoms with Crippen molar-refractivity contribution in [2.24, 2.45) is 0 Å². The lowest BCUT2D eigenvalue weighted by Gasteiger charge is -2.18. The average molecular weight is 296 g/mol. The number of hydrogen-bond donors (Lipinski definition) is 1. The van der Waals surface area contributed by atoms with E-state index in [-0.39, 0.29) is 0 Å². The summed E-state index contributed by atoms with van der Waals surface area (Å²) in [5.41, 5.74) is 2.99. The lowest BCUT2D eigenvalue weighted by atomic mass is 9.99. The van der Waals surface area contributed by atoms with Crippen molar-refractivity contribution in [2.75, 3.05) is 6.54 Å². The third kappa shape index (κ3) is 6.90.